The molecule has 0 spiro atoms. The van der Waals surface area contributed by atoms with Crippen molar-refractivity contribution in [3.63, 3.8) is 0 Å². The van der Waals surface area contributed by atoms with Crippen LogP contribution in [0.4, 0.5) is 0 Å². The highest BCUT2D eigenvalue weighted by Crippen LogP contribution is 2.59. The molecule has 0 N–H and O–H groups in total. The van der Waals surface area contributed by atoms with Crippen molar-refractivity contribution >= 4 is 15.9 Å². The Morgan fingerprint density at radius 1 is 1.06 bits per heavy atom. The summed E-state index contributed by atoms with van der Waals surface area (Å²) in [5.74, 6) is 0.534. The summed E-state index contributed by atoms with van der Waals surface area (Å²) >= 11 is 3.78. The predicted octanol–water partition coefficient (Wildman–Crippen LogP) is 4.70. The SMILES string of the molecule is CC1(C)c2ccccc2C2(C)C(Br)=CC=CC12. The maximum atomic E-state index is 3.78. The molecule has 1 heteroatoms. The third kappa shape index (κ3) is 1.24. The van der Waals surface area contributed by atoms with Crippen molar-refractivity contribution in [2.24, 2.45) is 5.92 Å². The second kappa shape index (κ2) is 3.35. The molecule has 0 radical (unpaired) electrons. The maximum Gasteiger partial charge on any atom is 0.0314 e. The van der Waals surface area contributed by atoms with Gasteiger partial charge in [0.15, 0.2) is 0 Å². The number of rotatable bonds is 0. The van der Waals surface area contributed by atoms with E-state index in [1.54, 1.807) is 0 Å². The Morgan fingerprint density at radius 3 is 2.41 bits per heavy atom. The summed E-state index contributed by atoms with van der Waals surface area (Å²) < 4.78 is 1.30. The van der Waals surface area contributed by atoms with Crippen molar-refractivity contribution in [1.82, 2.24) is 0 Å². The monoisotopic (exact) mass is 288 g/mol. The molecule has 0 bridgehead atoms. The third-order valence-electron chi connectivity index (χ3n) is 4.62. The molecule has 2 aliphatic carbocycles. The minimum Gasteiger partial charge on any atom is -0.0793 e. The van der Waals surface area contributed by atoms with E-state index >= 15 is 0 Å². The maximum absolute atomic E-state index is 3.78. The first-order chi connectivity index (χ1) is 7.99. The van der Waals surface area contributed by atoms with Crippen LogP contribution < -0.4 is 0 Å². The zero-order valence-electron chi connectivity index (χ0n) is 10.5. The molecule has 0 fully saturated rings. The smallest absolute Gasteiger partial charge is 0.0314 e. The molecule has 1 aromatic rings. The third-order valence-corrected chi connectivity index (χ3v) is 5.71. The highest BCUT2D eigenvalue weighted by atomic mass is 79.9. The Kier molecular flexibility index (Phi) is 2.22. The average molecular weight is 289 g/mol. The van der Waals surface area contributed by atoms with Crippen molar-refractivity contribution in [1.29, 1.82) is 0 Å². The molecular formula is C16H17Br. The van der Waals surface area contributed by atoms with Gasteiger partial charge < -0.3 is 0 Å². The summed E-state index contributed by atoms with van der Waals surface area (Å²) in [6, 6.07) is 8.88. The van der Waals surface area contributed by atoms with Crippen molar-refractivity contribution in [3.8, 4) is 0 Å². The van der Waals surface area contributed by atoms with Crippen LogP contribution in [0.15, 0.2) is 47.0 Å². The van der Waals surface area contributed by atoms with Crippen LogP contribution in [-0.2, 0) is 10.8 Å². The normalized spacial score (nSPS) is 32.9. The van der Waals surface area contributed by atoms with Crippen LogP contribution in [-0.4, -0.2) is 0 Å². The van der Waals surface area contributed by atoms with Crippen molar-refractivity contribution in [3.05, 3.63) is 58.1 Å². The van der Waals surface area contributed by atoms with E-state index in [0.29, 0.717) is 5.92 Å². The van der Waals surface area contributed by atoms with E-state index in [1.807, 2.05) is 0 Å². The van der Waals surface area contributed by atoms with Gasteiger partial charge in [-0.25, -0.2) is 0 Å². The lowest BCUT2D eigenvalue weighted by Gasteiger charge is -2.38. The van der Waals surface area contributed by atoms with E-state index in [-0.39, 0.29) is 10.8 Å². The molecule has 2 unspecified atom stereocenters. The van der Waals surface area contributed by atoms with E-state index in [4.69, 9.17) is 0 Å². The molecule has 0 saturated heterocycles. The summed E-state index contributed by atoms with van der Waals surface area (Å²) in [6.07, 6.45) is 6.74. The lowest BCUT2D eigenvalue weighted by molar-refractivity contribution is 0.321. The molecule has 0 aliphatic heterocycles. The molecule has 17 heavy (non-hydrogen) atoms. The topological polar surface area (TPSA) is 0 Å². The van der Waals surface area contributed by atoms with Gasteiger partial charge in [0.25, 0.3) is 0 Å². The zero-order valence-corrected chi connectivity index (χ0v) is 12.1. The highest BCUT2D eigenvalue weighted by Gasteiger charge is 2.54. The van der Waals surface area contributed by atoms with E-state index in [0.717, 1.165) is 0 Å². The van der Waals surface area contributed by atoms with E-state index in [2.05, 4.69) is 79.2 Å². The number of allylic oxidation sites excluding steroid dienone is 4. The minimum atomic E-state index is 0.106. The summed E-state index contributed by atoms with van der Waals surface area (Å²) in [5.41, 5.74) is 3.27. The first kappa shape index (κ1) is 11.3. The molecule has 3 rings (SSSR count). The fourth-order valence-electron chi connectivity index (χ4n) is 3.69. The molecule has 2 aliphatic rings. The number of hydrogen-bond donors (Lipinski definition) is 0. The molecule has 0 nitrogen and oxygen atoms in total. The van der Waals surface area contributed by atoms with E-state index < -0.39 is 0 Å². The Morgan fingerprint density at radius 2 is 1.71 bits per heavy atom. The molecule has 0 heterocycles. The number of fused-ring (bicyclic) bond motifs is 3. The molecule has 1 aromatic carbocycles. The summed E-state index contributed by atoms with van der Waals surface area (Å²) in [7, 11) is 0. The van der Waals surface area contributed by atoms with Gasteiger partial charge in [-0.15, -0.1) is 0 Å². The molecule has 0 aromatic heterocycles. The van der Waals surface area contributed by atoms with Crippen LogP contribution in [0.3, 0.4) is 0 Å². The fourth-order valence-corrected chi connectivity index (χ4v) is 4.30. The number of benzene rings is 1. The Balaban J connectivity index is 2.34. The van der Waals surface area contributed by atoms with Gasteiger partial charge in [0.2, 0.25) is 0 Å². The Labute approximate surface area is 112 Å². The lowest BCUT2D eigenvalue weighted by Crippen LogP contribution is -2.35. The first-order valence-corrected chi connectivity index (χ1v) is 6.93. The van der Waals surface area contributed by atoms with Gasteiger partial charge in [-0.3, -0.25) is 0 Å². The molecule has 2 atom stereocenters. The van der Waals surface area contributed by atoms with Crippen LogP contribution in [0, 0.1) is 5.92 Å². The predicted molar refractivity (Wildman–Crippen MR) is 76.5 cm³/mol. The van der Waals surface area contributed by atoms with Crippen molar-refractivity contribution in [2.75, 3.05) is 0 Å². The summed E-state index contributed by atoms with van der Waals surface area (Å²) in [5, 5.41) is 0. The van der Waals surface area contributed by atoms with Gasteiger partial charge >= 0.3 is 0 Å². The zero-order chi connectivity index (χ0) is 12.3. The van der Waals surface area contributed by atoms with Gasteiger partial charge in [-0.05, 0) is 16.5 Å². The van der Waals surface area contributed by atoms with E-state index in [9.17, 15) is 0 Å². The fraction of sp³-hybridized carbons (Fsp3) is 0.375. The van der Waals surface area contributed by atoms with Crippen LogP contribution in [0.1, 0.15) is 31.9 Å². The van der Waals surface area contributed by atoms with Gasteiger partial charge in [0.1, 0.15) is 0 Å². The molecule has 0 saturated carbocycles. The van der Waals surface area contributed by atoms with Crippen molar-refractivity contribution in [2.45, 2.75) is 31.6 Å². The van der Waals surface area contributed by atoms with Crippen LogP contribution >= 0.6 is 15.9 Å². The summed E-state index contributed by atoms with van der Waals surface area (Å²) in [4.78, 5) is 0. The van der Waals surface area contributed by atoms with Crippen LogP contribution in [0.5, 0.6) is 0 Å². The van der Waals surface area contributed by atoms with E-state index in [1.165, 1.54) is 15.6 Å². The van der Waals surface area contributed by atoms with Crippen LogP contribution in [0.25, 0.3) is 0 Å². The standard InChI is InChI=1S/C16H17Br/c1-15(2)11-7-4-5-8-12(11)16(3)13(15)9-6-10-14(16)17/h4-10,13H,1-3H3. The van der Waals surface area contributed by atoms with Gasteiger partial charge in [-0.2, -0.15) is 0 Å². The highest BCUT2D eigenvalue weighted by molar-refractivity contribution is 9.11. The largest absolute Gasteiger partial charge is 0.0793 e. The quantitative estimate of drug-likeness (QED) is 0.649. The number of halogens is 1. The van der Waals surface area contributed by atoms with Crippen LogP contribution in [0.2, 0.25) is 0 Å². The lowest BCUT2D eigenvalue weighted by atomic mass is 9.67. The molecule has 0 amide bonds. The number of hydrogen-bond acceptors (Lipinski definition) is 0. The molecule has 88 valence electrons. The van der Waals surface area contributed by atoms with Crippen molar-refractivity contribution < 1.29 is 0 Å². The Hall–Kier alpha value is -0.820. The molecular weight excluding hydrogens is 272 g/mol. The van der Waals surface area contributed by atoms with Gasteiger partial charge in [-0.1, -0.05) is 79.2 Å². The minimum absolute atomic E-state index is 0.106. The summed E-state index contributed by atoms with van der Waals surface area (Å²) in [6.45, 7) is 7.07. The van der Waals surface area contributed by atoms with Gasteiger partial charge in [0, 0.05) is 15.8 Å². The van der Waals surface area contributed by atoms with Gasteiger partial charge in [0.05, 0.1) is 0 Å². The first-order valence-electron chi connectivity index (χ1n) is 6.13. The second-order valence-corrected chi connectivity index (χ2v) is 6.70. The Bertz CT molecular complexity index is 536. The average Bonchev–Trinajstić information content (AvgIpc) is 2.49. The second-order valence-electron chi connectivity index (χ2n) is 5.85.